The molecule has 3 aliphatic rings. The fourth-order valence-electron chi connectivity index (χ4n) is 6.26. The average molecular weight is 438 g/mol. The monoisotopic (exact) mass is 437 g/mol. The largest absolute Gasteiger partial charge is 0.394 e. The third kappa shape index (κ3) is 3.75. The van der Waals surface area contributed by atoms with Crippen LogP contribution in [0.25, 0.3) is 0 Å². The summed E-state index contributed by atoms with van der Waals surface area (Å²) in [5, 5.41) is 15.9. The number of rotatable bonds is 9. The van der Waals surface area contributed by atoms with Gasteiger partial charge >= 0.3 is 0 Å². The van der Waals surface area contributed by atoms with E-state index in [-0.39, 0.29) is 36.3 Å². The summed E-state index contributed by atoms with van der Waals surface area (Å²) in [7, 11) is 1.56. The van der Waals surface area contributed by atoms with E-state index in [0.29, 0.717) is 19.3 Å². The quantitative estimate of drug-likeness (QED) is 0.503. The molecule has 3 rings (SSSR count). The molecule has 0 aromatic carbocycles. The number of hydrogen-bond acceptors (Lipinski definition) is 5. The van der Waals surface area contributed by atoms with Gasteiger partial charge in [0.15, 0.2) is 0 Å². The molecule has 31 heavy (non-hydrogen) atoms. The Hall–Kier alpha value is -1.67. The van der Waals surface area contributed by atoms with Crippen LogP contribution in [0.5, 0.6) is 0 Å². The van der Waals surface area contributed by atoms with E-state index in [1.165, 1.54) is 0 Å². The van der Waals surface area contributed by atoms with Gasteiger partial charge < -0.3 is 25.4 Å². The molecular formula is C23H39N3O5. The molecule has 3 aliphatic heterocycles. The molecule has 3 saturated heterocycles. The van der Waals surface area contributed by atoms with E-state index >= 15 is 0 Å². The van der Waals surface area contributed by atoms with Crippen LogP contribution in [-0.4, -0.2) is 70.7 Å². The first-order valence-electron chi connectivity index (χ1n) is 11.7. The number of carbonyl (C=O) groups is 3. The maximum atomic E-state index is 13.8. The van der Waals surface area contributed by atoms with Gasteiger partial charge in [0, 0.05) is 13.1 Å². The van der Waals surface area contributed by atoms with Gasteiger partial charge in [-0.25, -0.2) is 0 Å². The van der Waals surface area contributed by atoms with Gasteiger partial charge in [0.2, 0.25) is 17.7 Å². The predicted octanol–water partition coefficient (Wildman–Crippen LogP) is 1.21. The Balaban J connectivity index is 2.06. The van der Waals surface area contributed by atoms with Crippen molar-refractivity contribution in [1.82, 2.24) is 15.5 Å². The summed E-state index contributed by atoms with van der Waals surface area (Å²) < 4.78 is 6.52. The first-order chi connectivity index (χ1) is 14.6. The van der Waals surface area contributed by atoms with Gasteiger partial charge in [-0.05, 0) is 45.4 Å². The number of aliphatic hydroxyl groups is 1. The minimum absolute atomic E-state index is 0.0356. The molecule has 2 bridgehead atoms. The SMILES string of the molecule is CCCC(C)NC(=O)C1N([C@@H](CO)CC(C)C)C(=O)[C@@H]2[C@H](C(=O)NC)[C@]3(C)CCC12O3. The number of aliphatic hydroxyl groups excluding tert-OH is 1. The maximum absolute atomic E-state index is 13.8. The normalized spacial score (nSPS) is 35.9. The molecule has 3 unspecified atom stereocenters. The molecule has 0 aromatic heterocycles. The van der Waals surface area contributed by atoms with Crippen molar-refractivity contribution >= 4 is 17.7 Å². The molecule has 7 atom stereocenters. The Kier molecular flexibility index (Phi) is 6.73. The fraction of sp³-hybridized carbons (Fsp3) is 0.870. The van der Waals surface area contributed by atoms with Crippen molar-refractivity contribution in [3.63, 3.8) is 0 Å². The smallest absolute Gasteiger partial charge is 0.246 e. The van der Waals surface area contributed by atoms with Crippen molar-refractivity contribution in [1.29, 1.82) is 0 Å². The number of hydrogen-bond donors (Lipinski definition) is 3. The van der Waals surface area contributed by atoms with Crippen molar-refractivity contribution in [2.45, 2.75) is 96.1 Å². The van der Waals surface area contributed by atoms with Crippen LogP contribution in [0.2, 0.25) is 0 Å². The lowest BCUT2D eigenvalue weighted by Crippen LogP contribution is -2.59. The molecule has 8 heteroatoms. The summed E-state index contributed by atoms with van der Waals surface area (Å²) in [6, 6.07) is -1.38. The van der Waals surface area contributed by atoms with E-state index in [1.54, 1.807) is 11.9 Å². The lowest BCUT2D eigenvalue weighted by Gasteiger charge is -2.38. The zero-order valence-electron chi connectivity index (χ0n) is 19.7. The number of fused-ring (bicyclic) bond motifs is 1. The van der Waals surface area contributed by atoms with Crippen molar-refractivity contribution in [2.75, 3.05) is 13.7 Å². The summed E-state index contributed by atoms with van der Waals surface area (Å²) in [5.74, 6) is -1.86. The Labute approximate surface area is 185 Å². The first-order valence-corrected chi connectivity index (χ1v) is 11.7. The second kappa shape index (κ2) is 8.70. The van der Waals surface area contributed by atoms with Crippen LogP contribution in [0, 0.1) is 17.8 Å². The van der Waals surface area contributed by atoms with E-state index in [2.05, 4.69) is 17.6 Å². The van der Waals surface area contributed by atoms with E-state index in [1.807, 2.05) is 27.7 Å². The van der Waals surface area contributed by atoms with Crippen LogP contribution in [0.15, 0.2) is 0 Å². The number of likely N-dealkylation sites (tertiary alicyclic amines) is 1. The topological polar surface area (TPSA) is 108 Å². The van der Waals surface area contributed by atoms with Gasteiger partial charge in [0.05, 0.1) is 30.1 Å². The van der Waals surface area contributed by atoms with E-state index in [4.69, 9.17) is 4.74 Å². The Bertz CT molecular complexity index is 728. The third-order valence-electron chi connectivity index (χ3n) is 7.45. The lowest BCUT2D eigenvalue weighted by molar-refractivity contribution is -0.150. The minimum atomic E-state index is -1.04. The van der Waals surface area contributed by atoms with Crippen molar-refractivity contribution < 1.29 is 24.2 Å². The second-order valence-electron chi connectivity index (χ2n) is 10.3. The Morgan fingerprint density at radius 1 is 1.26 bits per heavy atom. The van der Waals surface area contributed by atoms with E-state index < -0.39 is 35.1 Å². The maximum Gasteiger partial charge on any atom is 0.246 e. The summed E-state index contributed by atoms with van der Waals surface area (Å²) in [5.41, 5.74) is -1.81. The van der Waals surface area contributed by atoms with E-state index in [9.17, 15) is 19.5 Å². The van der Waals surface area contributed by atoms with E-state index in [0.717, 1.165) is 12.8 Å². The predicted molar refractivity (Wildman–Crippen MR) is 116 cm³/mol. The summed E-state index contributed by atoms with van der Waals surface area (Å²) in [6.07, 6.45) is 3.50. The highest BCUT2D eigenvalue weighted by Crippen LogP contribution is 2.63. The van der Waals surface area contributed by atoms with Crippen LogP contribution in [0.4, 0.5) is 0 Å². The van der Waals surface area contributed by atoms with Crippen molar-refractivity contribution in [2.24, 2.45) is 17.8 Å². The minimum Gasteiger partial charge on any atom is -0.394 e. The second-order valence-corrected chi connectivity index (χ2v) is 10.3. The molecule has 3 amide bonds. The molecular weight excluding hydrogens is 398 g/mol. The first kappa shape index (κ1) is 24.0. The number of carbonyl (C=O) groups excluding carboxylic acids is 3. The molecule has 3 fully saturated rings. The molecule has 3 heterocycles. The zero-order valence-corrected chi connectivity index (χ0v) is 19.7. The van der Waals surface area contributed by atoms with Crippen LogP contribution >= 0.6 is 0 Å². The number of nitrogens with one attached hydrogen (secondary N) is 2. The van der Waals surface area contributed by atoms with Crippen LogP contribution < -0.4 is 10.6 Å². The fourth-order valence-corrected chi connectivity index (χ4v) is 6.26. The van der Waals surface area contributed by atoms with Crippen LogP contribution in [0.3, 0.4) is 0 Å². The van der Waals surface area contributed by atoms with Crippen molar-refractivity contribution in [3.05, 3.63) is 0 Å². The number of amides is 3. The van der Waals surface area contributed by atoms with Crippen molar-refractivity contribution in [3.8, 4) is 0 Å². The van der Waals surface area contributed by atoms with Gasteiger partial charge in [-0.1, -0.05) is 27.2 Å². The molecule has 0 aliphatic carbocycles. The summed E-state index contributed by atoms with van der Waals surface area (Å²) in [4.78, 5) is 41.8. The Morgan fingerprint density at radius 2 is 1.94 bits per heavy atom. The van der Waals surface area contributed by atoms with Crippen LogP contribution in [0.1, 0.15) is 66.7 Å². The molecule has 1 spiro atoms. The number of nitrogens with zero attached hydrogens (tertiary/aromatic N) is 1. The van der Waals surface area contributed by atoms with Gasteiger partial charge in [0.1, 0.15) is 11.6 Å². The summed E-state index contributed by atoms with van der Waals surface area (Å²) >= 11 is 0. The summed E-state index contributed by atoms with van der Waals surface area (Å²) in [6.45, 7) is 9.71. The molecule has 8 nitrogen and oxygen atoms in total. The van der Waals surface area contributed by atoms with Gasteiger partial charge in [-0.3, -0.25) is 14.4 Å². The lowest BCUT2D eigenvalue weighted by atomic mass is 9.66. The molecule has 0 radical (unpaired) electrons. The van der Waals surface area contributed by atoms with Gasteiger partial charge in [0.25, 0.3) is 0 Å². The van der Waals surface area contributed by atoms with Gasteiger partial charge in [-0.15, -0.1) is 0 Å². The highest BCUT2D eigenvalue weighted by molar-refractivity contribution is 5.99. The molecule has 0 saturated carbocycles. The average Bonchev–Trinajstić information content (AvgIpc) is 3.26. The molecule has 0 aromatic rings. The highest BCUT2D eigenvalue weighted by atomic mass is 16.5. The van der Waals surface area contributed by atoms with Crippen LogP contribution in [-0.2, 0) is 19.1 Å². The third-order valence-corrected chi connectivity index (χ3v) is 7.45. The molecule has 176 valence electrons. The standard InChI is InChI=1S/C23H39N3O5/c1-7-8-14(4)25-20(29)18-23-10-9-22(5,31-23)16(19(28)24-6)17(23)21(30)26(18)15(12-27)11-13(2)3/h13-18,27H,7-12H2,1-6H3,(H,24,28)(H,25,29)/t14?,15-,16-,17+,18?,22+,23?/m1/s1. The Morgan fingerprint density at radius 3 is 2.48 bits per heavy atom. The van der Waals surface area contributed by atoms with Gasteiger partial charge in [-0.2, -0.15) is 0 Å². The highest BCUT2D eigenvalue weighted by Gasteiger charge is 2.78. The molecule has 3 N–H and O–H groups in total. The zero-order chi connectivity index (χ0) is 23.1. The number of ether oxygens (including phenoxy) is 1.